The summed E-state index contributed by atoms with van der Waals surface area (Å²) in [6.07, 6.45) is -5.61. The van der Waals surface area contributed by atoms with E-state index in [0.29, 0.717) is 17.2 Å². The van der Waals surface area contributed by atoms with Crippen molar-refractivity contribution < 1.29 is 32.2 Å². The third kappa shape index (κ3) is 3.89. The molecule has 0 unspecified atom stereocenters. The van der Waals surface area contributed by atoms with Crippen molar-refractivity contribution >= 4 is 11.6 Å². The van der Waals surface area contributed by atoms with Crippen molar-refractivity contribution in [1.82, 2.24) is 0 Å². The minimum atomic E-state index is -4.76. The molecular weight excluding hydrogens is 327 g/mol. The summed E-state index contributed by atoms with van der Waals surface area (Å²) >= 11 is 0. The highest BCUT2D eigenvalue weighted by atomic mass is 19.4. The van der Waals surface area contributed by atoms with Gasteiger partial charge in [-0.1, -0.05) is 12.1 Å². The van der Waals surface area contributed by atoms with Gasteiger partial charge in [0.15, 0.2) is 11.5 Å². The highest BCUT2D eigenvalue weighted by Crippen LogP contribution is 2.31. The number of rotatable bonds is 3. The first-order chi connectivity index (χ1) is 11.4. The molecule has 1 aliphatic rings. The largest absolute Gasteiger partial charge is 0.573 e. The van der Waals surface area contributed by atoms with Crippen molar-refractivity contribution in [3.05, 3.63) is 48.5 Å². The number of fused-ring (bicyclic) bond motifs is 1. The number of benzene rings is 2. The van der Waals surface area contributed by atoms with E-state index >= 15 is 0 Å². The Kier molecular flexibility index (Phi) is 4.20. The molecule has 0 bridgehead atoms. The van der Waals surface area contributed by atoms with Gasteiger partial charge in [0.05, 0.1) is 0 Å². The molecule has 1 N–H and O–H groups in total. The average molecular weight is 339 g/mol. The number of alkyl halides is 3. The van der Waals surface area contributed by atoms with E-state index in [2.05, 4.69) is 10.1 Å². The first kappa shape index (κ1) is 16.0. The second kappa shape index (κ2) is 6.31. The molecule has 0 saturated carbocycles. The first-order valence-corrected chi connectivity index (χ1v) is 6.96. The summed E-state index contributed by atoms with van der Waals surface area (Å²) in [6, 6.07) is 11.8. The molecule has 0 saturated heterocycles. The molecule has 5 nitrogen and oxygen atoms in total. The summed E-state index contributed by atoms with van der Waals surface area (Å²) in [6.45, 7) is 0.0398. The number of hydrogen-bond donors (Lipinski definition) is 1. The van der Waals surface area contributed by atoms with E-state index in [4.69, 9.17) is 9.47 Å². The van der Waals surface area contributed by atoms with E-state index in [0.717, 1.165) is 12.1 Å². The van der Waals surface area contributed by atoms with Crippen LogP contribution in [0.25, 0.3) is 0 Å². The number of carbonyl (C=O) groups is 1. The van der Waals surface area contributed by atoms with Crippen LogP contribution in [-0.2, 0) is 4.79 Å². The Balaban J connectivity index is 1.61. The number of nitrogens with one attached hydrogen (secondary N) is 1. The summed E-state index contributed by atoms with van der Waals surface area (Å²) < 4.78 is 51.0. The maximum atomic E-state index is 12.2. The smallest absolute Gasteiger partial charge is 0.485 e. The van der Waals surface area contributed by atoms with Crippen LogP contribution in [0.1, 0.15) is 0 Å². The second-order valence-electron chi connectivity index (χ2n) is 4.93. The van der Waals surface area contributed by atoms with Gasteiger partial charge in [0.25, 0.3) is 5.91 Å². The van der Waals surface area contributed by atoms with E-state index in [1.165, 1.54) is 12.1 Å². The van der Waals surface area contributed by atoms with Crippen LogP contribution in [0.15, 0.2) is 48.5 Å². The van der Waals surface area contributed by atoms with Crippen LogP contribution in [0.4, 0.5) is 18.9 Å². The minimum Gasteiger partial charge on any atom is -0.485 e. The number of carbonyl (C=O) groups excluding carboxylic acids is 1. The zero-order chi connectivity index (χ0) is 17.2. The third-order valence-electron chi connectivity index (χ3n) is 3.16. The molecule has 1 aliphatic heterocycles. The quantitative estimate of drug-likeness (QED) is 0.932. The zero-order valence-electron chi connectivity index (χ0n) is 12.2. The van der Waals surface area contributed by atoms with Crippen LogP contribution in [-0.4, -0.2) is 25.0 Å². The Hall–Kier alpha value is -2.90. The van der Waals surface area contributed by atoms with Crippen molar-refractivity contribution in [2.24, 2.45) is 0 Å². The SMILES string of the molecule is O=C(Nc1ccc(OC(F)(F)F)cc1)[C@H]1COc2ccccc2O1. The number of amides is 1. The molecule has 0 radical (unpaired) electrons. The molecule has 1 amide bonds. The molecule has 0 aromatic heterocycles. The van der Waals surface area contributed by atoms with Crippen molar-refractivity contribution in [2.45, 2.75) is 12.5 Å². The van der Waals surface area contributed by atoms with Crippen LogP contribution in [0.5, 0.6) is 17.2 Å². The fourth-order valence-corrected chi connectivity index (χ4v) is 2.11. The lowest BCUT2D eigenvalue weighted by atomic mass is 10.2. The third-order valence-corrected chi connectivity index (χ3v) is 3.16. The van der Waals surface area contributed by atoms with E-state index in [9.17, 15) is 18.0 Å². The Morgan fingerprint density at radius 1 is 1.08 bits per heavy atom. The Labute approximate surface area is 134 Å². The Morgan fingerprint density at radius 3 is 2.42 bits per heavy atom. The molecule has 0 fully saturated rings. The van der Waals surface area contributed by atoms with Crippen LogP contribution < -0.4 is 19.5 Å². The van der Waals surface area contributed by atoms with Gasteiger partial charge in [-0.3, -0.25) is 4.79 Å². The average Bonchev–Trinajstić information content (AvgIpc) is 2.55. The van der Waals surface area contributed by atoms with Gasteiger partial charge in [0, 0.05) is 5.69 Å². The number of para-hydroxylation sites is 2. The van der Waals surface area contributed by atoms with Gasteiger partial charge in [-0.25, -0.2) is 0 Å². The van der Waals surface area contributed by atoms with Gasteiger partial charge in [-0.15, -0.1) is 13.2 Å². The molecule has 3 rings (SSSR count). The molecule has 2 aromatic rings. The van der Waals surface area contributed by atoms with Crippen LogP contribution in [0.3, 0.4) is 0 Å². The standard InChI is InChI=1S/C16H12F3NO4/c17-16(18,19)24-11-7-5-10(6-8-11)20-15(21)14-9-22-12-3-1-2-4-13(12)23-14/h1-8,14H,9H2,(H,20,21)/t14-/m1/s1. The molecule has 2 aromatic carbocycles. The molecule has 24 heavy (non-hydrogen) atoms. The van der Waals surface area contributed by atoms with Gasteiger partial charge in [-0.05, 0) is 36.4 Å². The first-order valence-electron chi connectivity index (χ1n) is 6.96. The maximum Gasteiger partial charge on any atom is 0.573 e. The predicted octanol–water partition coefficient (Wildman–Crippen LogP) is 3.36. The van der Waals surface area contributed by atoms with E-state index in [-0.39, 0.29) is 12.4 Å². The number of halogens is 3. The number of anilines is 1. The van der Waals surface area contributed by atoms with E-state index < -0.39 is 18.4 Å². The normalized spacial score (nSPS) is 16.4. The molecule has 1 heterocycles. The molecule has 0 spiro atoms. The lowest BCUT2D eigenvalue weighted by Gasteiger charge is -2.25. The summed E-state index contributed by atoms with van der Waals surface area (Å²) in [7, 11) is 0. The van der Waals surface area contributed by atoms with Crippen LogP contribution in [0.2, 0.25) is 0 Å². The van der Waals surface area contributed by atoms with Gasteiger partial charge < -0.3 is 19.5 Å². The predicted molar refractivity (Wildman–Crippen MR) is 78.1 cm³/mol. The van der Waals surface area contributed by atoms with Gasteiger partial charge in [0.1, 0.15) is 12.4 Å². The highest BCUT2D eigenvalue weighted by Gasteiger charge is 2.31. The summed E-state index contributed by atoms with van der Waals surface area (Å²) in [5.41, 5.74) is 0.317. The van der Waals surface area contributed by atoms with Crippen molar-refractivity contribution in [2.75, 3.05) is 11.9 Å². The molecule has 126 valence electrons. The summed E-state index contributed by atoms with van der Waals surface area (Å²) in [4.78, 5) is 12.2. The Morgan fingerprint density at radius 2 is 1.75 bits per heavy atom. The van der Waals surface area contributed by atoms with Crippen molar-refractivity contribution in [3.8, 4) is 17.2 Å². The molecule has 1 atom stereocenters. The van der Waals surface area contributed by atoms with Gasteiger partial charge in [0.2, 0.25) is 6.10 Å². The topological polar surface area (TPSA) is 56.8 Å². The lowest BCUT2D eigenvalue weighted by Crippen LogP contribution is -2.40. The fraction of sp³-hybridized carbons (Fsp3) is 0.188. The van der Waals surface area contributed by atoms with Crippen LogP contribution >= 0.6 is 0 Å². The second-order valence-corrected chi connectivity index (χ2v) is 4.93. The van der Waals surface area contributed by atoms with Crippen LogP contribution in [0, 0.1) is 0 Å². The number of ether oxygens (including phenoxy) is 3. The van der Waals surface area contributed by atoms with Gasteiger partial charge in [-0.2, -0.15) is 0 Å². The van der Waals surface area contributed by atoms with Crippen molar-refractivity contribution in [1.29, 1.82) is 0 Å². The number of hydrogen-bond acceptors (Lipinski definition) is 4. The summed E-state index contributed by atoms with van der Waals surface area (Å²) in [5, 5.41) is 2.55. The van der Waals surface area contributed by atoms with E-state index in [1.54, 1.807) is 24.3 Å². The highest BCUT2D eigenvalue weighted by molar-refractivity contribution is 5.94. The molecule has 0 aliphatic carbocycles. The molecular formula is C16H12F3NO4. The lowest BCUT2D eigenvalue weighted by molar-refractivity contribution is -0.274. The van der Waals surface area contributed by atoms with E-state index in [1.807, 2.05) is 0 Å². The Bertz CT molecular complexity index is 731. The minimum absolute atomic E-state index is 0.0398. The van der Waals surface area contributed by atoms with Crippen molar-refractivity contribution in [3.63, 3.8) is 0 Å². The van der Waals surface area contributed by atoms with Gasteiger partial charge >= 0.3 is 6.36 Å². The molecule has 8 heteroatoms. The fourth-order valence-electron chi connectivity index (χ4n) is 2.11. The maximum absolute atomic E-state index is 12.2. The summed E-state index contributed by atoms with van der Waals surface area (Å²) in [5.74, 6) is 0.175. The monoisotopic (exact) mass is 339 g/mol. The zero-order valence-corrected chi connectivity index (χ0v) is 12.2.